The van der Waals surface area contributed by atoms with E-state index in [4.69, 9.17) is 10.6 Å². The number of ether oxygens (including phenoxy) is 1. The minimum atomic E-state index is -0.340. The van der Waals surface area contributed by atoms with E-state index in [0.717, 1.165) is 30.8 Å². The zero-order valence-corrected chi connectivity index (χ0v) is 11.9. The number of nitrogens with one attached hydrogen (secondary N) is 1. The van der Waals surface area contributed by atoms with E-state index in [1.807, 2.05) is 6.07 Å². The van der Waals surface area contributed by atoms with E-state index < -0.39 is 0 Å². The van der Waals surface area contributed by atoms with Gasteiger partial charge in [-0.1, -0.05) is 32.6 Å². The number of nitrogens with two attached hydrogens (primary N) is 1. The van der Waals surface area contributed by atoms with Crippen LogP contribution in [0.5, 0.6) is 0 Å². The predicted molar refractivity (Wildman–Crippen MR) is 75.6 cm³/mol. The van der Waals surface area contributed by atoms with Gasteiger partial charge in [-0.3, -0.25) is 0 Å². The van der Waals surface area contributed by atoms with Crippen LogP contribution >= 0.6 is 0 Å². The standard InChI is InChI=1S/C14H24N4O/c1-3-11-10-12(18-15)17-13(16-11)14(19-2)8-6-4-5-7-9-14/h10H,3-9,15H2,1-2H3,(H,16,17,18). The number of aromatic nitrogens is 2. The molecular formula is C14H24N4O. The van der Waals surface area contributed by atoms with Crippen molar-refractivity contribution in [3.05, 3.63) is 17.6 Å². The highest BCUT2D eigenvalue weighted by molar-refractivity contribution is 5.35. The van der Waals surface area contributed by atoms with Gasteiger partial charge in [-0.05, 0) is 19.3 Å². The first-order valence-electron chi connectivity index (χ1n) is 7.14. The van der Waals surface area contributed by atoms with Gasteiger partial charge in [-0.2, -0.15) is 0 Å². The third-order valence-corrected chi connectivity index (χ3v) is 4.00. The molecule has 1 aliphatic rings. The van der Waals surface area contributed by atoms with Gasteiger partial charge in [0.25, 0.3) is 0 Å². The Morgan fingerprint density at radius 2 is 1.95 bits per heavy atom. The maximum atomic E-state index is 5.85. The normalized spacial score (nSPS) is 18.9. The molecule has 19 heavy (non-hydrogen) atoms. The van der Waals surface area contributed by atoms with Gasteiger partial charge in [0.1, 0.15) is 11.4 Å². The lowest BCUT2D eigenvalue weighted by atomic mass is 9.93. The lowest BCUT2D eigenvalue weighted by Crippen LogP contribution is -2.31. The van der Waals surface area contributed by atoms with Crippen molar-refractivity contribution in [3.8, 4) is 0 Å². The Morgan fingerprint density at radius 1 is 1.26 bits per heavy atom. The van der Waals surface area contributed by atoms with Crippen LogP contribution in [0.15, 0.2) is 6.07 Å². The Morgan fingerprint density at radius 3 is 2.47 bits per heavy atom. The number of hydrazine groups is 1. The fourth-order valence-corrected chi connectivity index (χ4v) is 2.77. The van der Waals surface area contributed by atoms with E-state index in [-0.39, 0.29) is 5.60 Å². The average molecular weight is 264 g/mol. The highest BCUT2D eigenvalue weighted by Gasteiger charge is 2.36. The summed E-state index contributed by atoms with van der Waals surface area (Å²) >= 11 is 0. The second-order valence-corrected chi connectivity index (χ2v) is 5.18. The summed E-state index contributed by atoms with van der Waals surface area (Å²) in [6.07, 6.45) is 7.70. The molecule has 1 aliphatic carbocycles. The number of nitrogens with zero attached hydrogens (tertiary/aromatic N) is 2. The SMILES string of the molecule is CCc1cc(NN)nc(C2(OC)CCCCCC2)n1. The summed E-state index contributed by atoms with van der Waals surface area (Å²) in [5, 5.41) is 0. The van der Waals surface area contributed by atoms with Crippen LogP contribution < -0.4 is 11.3 Å². The number of anilines is 1. The summed E-state index contributed by atoms with van der Waals surface area (Å²) in [6.45, 7) is 2.08. The first-order chi connectivity index (χ1) is 9.24. The highest BCUT2D eigenvalue weighted by atomic mass is 16.5. The van der Waals surface area contributed by atoms with Crippen molar-refractivity contribution in [2.45, 2.75) is 57.5 Å². The lowest BCUT2D eigenvalue weighted by molar-refractivity contribution is -0.0352. The van der Waals surface area contributed by atoms with Gasteiger partial charge in [0, 0.05) is 18.9 Å². The van der Waals surface area contributed by atoms with Crippen molar-refractivity contribution in [1.82, 2.24) is 9.97 Å². The van der Waals surface area contributed by atoms with Gasteiger partial charge in [0.2, 0.25) is 0 Å². The molecule has 1 heterocycles. The number of hydrogen-bond acceptors (Lipinski definition) is 5. The summed E-state index contributed by atoms with van der Waals surface area (Å²) < 4.78 is 5.85. The number of hydrogen-bond donors (Lipinski definition) is 2. The maximum absolute atomic E-state index is 5.85. The first kappa shape index (κ1) is 14.2. The van der Waals surface area contributed by atoms with E-state index >= 15 is 0 Å². The van der Waals surface area contributed by atoms with Crippen LogP contribution in [0.25, 0.3) is 0 Å². The van der Waals surface area contributed by atoms with Crippen molar-refractivity contribution in [3.63, 3.8) is 0 Å². The molecule has 0 aliphatic heterocycles. The van der Waals surface area contributed by atoms with E-state index in [2.05, 4.69) is 22.3 Å². The molecule has 0 bridgehead atoms. The third-order valence-electron chi connectivity index (χ3n) is 4.00. The van der Waals surface area contributed by atoms with Crippen LogP contribution in [0.4, 0.5) is 5.82 Å². The molecule has 5 heteroatoms. The van der Waals surface area contributed by atoms with Crippen molar-refractivity contribution in [1.29, 1.82) is 0 Å². The molecule has 106 valence electrons. The zero-order chi connectivity index (χ0) is 13.7. The third kappa shape index (κ3) is 3.04. The van der Waals surface area contributed by atoms with Crippen LogP contribution in [-0.2, 0) is 16.8 Å². The Bertz CT molecular complexity index is 392. The van der Waals surface area contributed by atoms with Gasteiger partial charge in [0.05, 0.1) is 0 Å². The fraction of sp³-hybridized carbons (Fsp3) is 0.714. The highest BCUT2D eigenvalue weighted by Crippen LogP contribution is 2.37. The smallest absolute Gasteiger partial charge is 0.162 e. The lowest BCUT2D eigenvalue weighted by Gasteiger charge is -2.30. The van der Waals surface area contributed by atoms with Crippen LogP contribution in [0.3, 0.4) is 0 Å². The topological polar surface area (TPSA) is 73.1 Å². The predicted octanol–water partition coefficient (Wildman–Crippen LogP) is 2.52. The molecule has 0 spiro atoms. The van der Waals surface area contributed by atoms with E-state index in [9.17, 15) is 0 Å². The molecule has 2 rings (SSSR count). The van der Waals surface area contributed by atoms with Crippen LogP contribution in [0, 0.1) is 0 Å². The minimum absolute atomic E-state index is 0.340. The molecule has 1 fully saturated rings. The summed E-state index contributed by atoms with van der Waals surface area (Å²) in [5.74, 6) is 6.96. The molecule has 0 atom stereocenters. The molecule has 0 unspecified atom stereocenters. The summed E-state index contributed by atoms with van der Waals surface area (Å²) in [7, 11) is 1.77. The zero-order valence-electron chi connectivity index (χ0n) is 11.9. The number of nitrogen functional groups attached to an aromatic ring is 1. The second kappa shape index (κ2) is 6.30. The second-order valence-electron chi connectivity index (χ2n) is 5.18. The van der Waals surface area contributed by atoms with E-state index in [1.165, 1.54) is 25.7 Å². The molecule has 3 N–H and O–H groups in total. The van der Waals surface area contributed by atoms with E-state index in [1.54, 1.807) is 7.11 Å². The molecule has 0 aromatic carbocycles. The first-order valence-corrected chi connectivity index (χ1v) is 7.14. The number of methoxy groups -OCH3 is 1. The Balaban J connectivity index is 2.40. The molecule has 1 aromatic heterocycles. The Kier molecular flexibility index (Phi) is 4.71. The molecular weight excluding hydrogens is 240 g/mol. The van der Waals surface area contributed by atoms with Crippen molar-refractivity contribution < 1.29 is 4.74 Å². The minimum Gasteiger partial charge on any atom is -0.370 e. The van der Waals surface area contributed by atoms with Crippen molar-refractivity contribution in [2.24, 2.45) is 5.84 Å². The van der Waals surface area contributed by atoms with Gasteiger partial charge < -0.3 is 10.2 Å². The quantitative estimate of drug-likeness (QED) is 0.496. The molecule has 1 saturated carbocycles. The number of rotatable bonds is 4. The van der Waals surface area contributed by atoms with Crippen molar-refractivity contribution in [2.75, 3.05) is 12.5 Å². The molecule has 0 amide bonds. The fourth-order valence-electron chi connectivity index (χ4n) is 2.77. The van der Waals surface area contributed by atoms with Gasteiger partial charge in [-0.25, -0.2) is 15.8 Å². The summed E-state index contributed by atoms with van der Waals surface area (Å²) in [5.41, 5.74) is 3.29. The van der Waals surface area contributed by atoms with Crippen LogP contribution in [0.2, 0.25) is 0 Å². The van der Waals surface area contributed by atoms with Gasteiger partial charge in [0.15, 0.2) is 5.82 Å². The molecule has 0 saturated heterocycles. The maximum Gasteiger partial charge on any atom is 0.162 e. The monoisotopic (exact) mass is 264 g/mol. The van der Waals surface area contributed by atoms with Gasteiger partial charge >= 0.3 is 0 Å². The van der Waals surface area contributed by atoms with Crippen LogP contribution in [0.1, 0.15) is 57.0 Å². The summed E-state index contributed by atoms with van der Waals surface area (Å²) in [4.78, 5) is 9.21. The van der Waals surface area contributed by atoms with Crippen LogP contribution in [-0.4, -0.2) is 17.1 Å². The molecule has 5 nitrogen and oxygen atoms in total. The van der Waals surface area contributed by atoms with Gasteiger partial charge in [-0.15, -0.1) is 0 Å². The van der Waals surface area contributed by atoms with E-state index in [0.29, 0.717) is 5.82 Å². The largest absolute Gasteiger partial charge is 0.370 e. The van der Waals surface area contributed by atoms with Crippen molar-refractivity contribution >= 4 is 5.82 Å². The Labute approximate surface area is 114 Å². The summed E-state index contributed by atoms with van der Waals surface area (Å²) in [6, 6.07) is 1.89. The molecule has 0 radical (unpaired) electrons. The Hall–Kier alpha value is -1.20. The molecule has 1 aromatic rings. The average Bonchev–Trinajstić information content (AvgIpc) is 2.73. The number of aryl methyl sites for hydroxylation is 1.